The molecule has 0 aliphatic carbocycles. The summed E-state index contributed by atoms with van der Waals surface area (Å²) in [5.74, 6) is 0.698. The molecule has 0 bridgehead atoms. The lowest BCUT2D eigenvalue weighted by molar-refractivity contribution is 0.200. The zero-order valence-electron chi connectivity index (χ0n) is 9.39. The van der Waals surface area contributed by atoms with Gasteiger partial charge in [0.25, 0.3) is 0 Å². The Kier molecular flexibility index (Phi) is 8.05. The van der Waals surface area contributed by atoms with Crippen LogP contribution in [-0.2, 0) is 4.74 Å². The van der Waals surface area contributed by atoms with Crippen LogP contribution in [0.1, 0.15) is 27.2 Å². The molecule has 78 valence electrons. The first-order valence-corrected chi connectivity index (χ1v) is 5.07. The Labute approximate surface area is 82.4 Å². The van der Waals surface area contributed by atoms with Gasteiger partial charge in [0.1, 0.15) is 0 Å². The molecule has 0 heterocycles. The Morgan fingerprint density at radius 2 is 2.23 bits per heavy atom. The van der Waals surface area contributed by atoms with Crippen molar-refractivity contribution in [3.63, 3.8) is 0 Å². The third kappa shape index (κ3) is 8.00. The van der Waals surface area contributed by atoms with Crippen LogP contribution in [0.15, 0.2) is 11.6 Å². The molecular weight excluding hydrogens is 162 g/mol. The zero-order valence-corrected chi connectivity index (χ0v) is 9.39. The van der Waals surface area contributed by atoms with E-state index in [4.69, 9.17) is 4.74 Å². The second-order valence-electron chi connectivity index (χ2n) is 3.57. The van der Waals surface area contributed by atoms with E-state index in [0.29, 0.717) is 5.92 Å². The number of methoxy groups -OCH3 is 1. The second-order valence-corrected chi connectivity index (χ2v) is 3.57. The molecule has 0 aromatic heterocycles. The lowest BCUT2D eigenvalue weighted by Crippen LogP contribution is -2.21. The summed E-state index contributed by atoms with van der Waals surface area (Å²) in [6.45, 7) is 9.34. The van der Waals surface area contributed by atoms with Crippen LogP contribution in [-0.4, -0.2) is 26.8 Å². The lowest BCUT2D eigenvalue weighted by atomic mass is 10.1. The fourth-order valence-corrected chi connectivity index (χ4v) is 1.12. The van der Waals surface area contributed by atoms with Gasteiger partial charge in [-0.3, -0.25) is 0 Å². The summed E-state index contributed by atoms with van der Waals surface area (Å²) >= 11 is 0. The van der Waals surface area contributed by atoms with Gasteiger partial charge in [-0.2, -0.15) is 0 Å². The summed E-state index contributed by atoms with van der Waals surface area (Å²) in [5.41, 5.74) is 1.42. The van der Waals surface area contributed by atoms with Crippen molar-refractivity contribution in [3.05, 3.63) is 11.6 Å². The predicted molar refractivity (Wildman–Crippen MR) is 58.0 cm³/mol. The molecule has 0 fully saturated rings. The Morgan fingerprint density at radius 3 is 2.77 bits per heavy atom. The van der Waals surface area contributed by atoms with Crippen LogP contribution in [0.25, 0.3) is 0 Å². The first-order chi connectivity index (χ1) is 6.20. The van der Waals surface area contributed by atoms with Crippen molar-refractivity contribution in [1.82, 2.24) is 5.32 Å². The van der Waals surface area contributed by atoms with Gasteiger partial charge in [0.15, 0.2) is 0 Å². The number of hydrogen-bond donors (Lipinski definition) is 1. The minimum absolute atomic E-state index is 0.698. The largest absolute Gasteiger partial charge is 0.383 e. The Bertz CT molecular complexity index is 143. The molecular formula is C11H23NO. The fourth-order valence-electron chi connectivity index (χ4n) is 1.12. The molecule has 0 aliphatic rings. The Balaban J connectivity index is 3.49. The summed E-state index contributed by atoms with van der Waals surface area (Å²) in [6.07, 6.45) is 3.55. The van der Waals surface area contributed by atoms with E-state index in [0.717, 1.165) is 19.7 Å². The molecule has 0 aromatic carbocycles. The maximum absolute atomic E-state index is 4.94. The number of nitrogens with one attached hydrogen (secondary N) is 1. The molecule has 1 atom stereocenters. The highest BCUT2D eigenvalue weighted by Crippen LogP contribution is 2.05. The normalized spacial score (nSPS) is 14.6. The van der Waals surface area contributed by atoms with Gasteiger partial charge in [0.05, 0.1) is 6.61 Å². The number of rotatable bonds is 7. The SMILES string of the molecule is CCC(C)C=C(C)CNCCOC. The zero-order chi connectivity index (χ0) is 10.1. The van der Waals surface area contributed by atoms with Crippen LogP contribution in [0.2, 0.25) is 0 Å². The molecule has 2 heteroatoms. The average Bonchev–Trinajstić information content (AvgIpc) is 2.12. The highest BCUT2D eigenvalue weighted by molar-refractivity contribution is 5.01. The maximum atomic E-state index is 4.94. The van der Waals surface area contributed by atoms with Crippen LogP contribution >= 0.6 is 0 Å². The van der Waals surface area contributed by atoms with Gasteiger partial charge < -0.3 is 10.1 Å². The quantitative estimate of drug-likeness (QED) is 0.485. The summed E-state index contributed by atoms with van der Waals surface area (Å²) in [5, 5.41) is 3.32. The number of ether oxygens (including phenoxy) is 1. The van der Waals surface area contributed by atoms with E-state index in [1.165, 1.54) is 12.0 Å². The highest BCUT2D eigenvalue weighted by atomic mass is 16.5. The molecule has 0 saturated carbocycles. The average molecular weight is 185 g/mol. The summed E-state index contributed by atoms with van der Waals surface area (Å²) in [4.78, 5) is 0. The van der Waals surface area contributed by atoms with Crippen LogP contribution in [0.5, 0.6) is 0 Å². The van der Waals surface area contributed by atoms with Crippen LogP contribution < -0.4 is 5.32 Å². The minimum Gasteiger partial charge on any atom is -0.383 e. The van der Waals surface area contributed by atoms with Gasteiger partial charge in [-0.15, -0.1) is 0 Å². The van der Waals surface area contributed by atoms with E-state index >= 15 is 0 Å². The van der Waals surface area contributed by atoms with Gasteiger partial charge in [-0.05, 0) is 12.8 Å². The second kappa shape index (κ2) is 8.27. The number of allylic oxidation sites excluding steroid dienone is 1. The van der Waals surface area contributed by atoms with Crippen molar-refractivity contribution < 1.29 is 4.74 Å². The van der Waals surface area contributed by atoms with Crippen LogP contribution in [0, 0.1) is 5.92 Å². The van der Waals surface area contributed by atoms with Crippen molar-refractivity contribution in [3.8, 4) is 0 Å². The van der Waals surface area contributed by atoms with Gasteiger partial charge in [0.2, 0.25) is 0 Å². The van der Waals surface area contributed by atoms with Crippen LogP contribution in [0.4, 0.5) is 0 Å². The molecule has 1 unspecified atom stereocenters. The molecule has 0 spiro atoms. The molecule has 0 rings (SSSR count). The van der Waals surface area contributed by atoms with Crippen molar-refractivity contribution in [2.45, 2.75) is 27.2 Å². The topological polar surface area (TPSA) is 21.3 Å². The van der Waals surface area contributed by atoms with Gasteiger partial charge in [-0.1, -0.05) is 31.9 Å². The number of hydrogen-bond acceptors (Lipinski definition) is 2. The fraction of sp³-hybridized carbons (Fsp3) is 0.818. The minimum atomic E-state index is 0.698. The molecule has 0 radical (unpaired) electrons. The van der Waals surface area contributed by atoms with E-state index in [1.54, 1.807) is 7.11 Å². The lowest BCUT2D eigenvalue weighted by Gasteiger charge is -2.07. The van der Waals surface area contributed by atoms with Crippen molar-refractivity contribution >= 4 is 0 Å². The summed E-state index contributed by atoms with van der Waals surface area (Å²) in [6, 6.07) is 0. The van der Waals surface area contributed by atoms with E-state index in [9.17, 15) is 0 Å². The molecule has 13 heavy (non-hydrogen) atoms. The molecule has 0 amide bonds. The molecule has 0 aliphatic heterocycles. The third-order valence-corrected chi connectivity index (χ3v) is 2.10. The Morgan fingerprint density at radius 1 is 1.54 bits per heavy atom. The maximum Gasteiger partial charge on any atom is 0.0587 e. The smallest absolute Gasteiger partial charge is 0.0587 e. The van der Waals surface area contributed by atoms with Gasteiger partial charge in [-0.25, -0.2) is 0 Å². The molecule has 0 aromatic rings. The predicted octanol–water partition coefficient (Wildman–Crippen LogP) is 2.21. The van der Waals surface area contributed by atoms with Crippen molar-refractivity contribution in [1.29, 1.82) is 0 Å². The molecule has 1 N–H and O–H groups in total. The van der Waals surface area contributed by atoms with Gasteiger partial charge in [0, 0.05) is 20.2 Å². The monoisotopic (exact) mass is 185 g/mol. The van der Waals surface area contributed by atoms with Crippen molar-refractivity contribution in [2.24, 2.45) is 5.92 Å². The standard InChI is InChI=1S/C11H23NO/c1-5-10(2)8-11(3)9-12-6-7-13-4/h8,10,12H,5-7,9H2,1-4H3. The molecule has 0 saturated heterocycles. The van der Waals surface area contributed by atoms with Crippen LogP contribution in [0.3, 0.4) is 0 Å². The van der Waals surface area contributed by atoms with E-state index in [2.05, 4.69) is 32.2 Å². The van der Waals surface area contributed by atoms with Gasteiger partial charge >= 0.3 is 0 Å². The van der Waals surface area contributed by atoms with Crippen molar-refractivity contribution in [2.75, 3.05) is 26.8 Å². The summed E-state index contributed by atoms with van der Waals surface area (Å²) < 4.78 is 4.94. The first kappa shape index (κ1) is 12.7. The highest BCUT2D eigenvalue weighted by Gasteiger charge is 1.94. The van der Waals surface area contributed by atoms with E-state index in [1.807, 2.05) is 0 Å². The van der Waals surface area contributed by atoms with E-state index in [-0.39, 0.29) is 0 Å². The summed E-state index contributed by atoms with van der Waals surface area (Å²) in [7, 11) is 1.73. The Hall–Kier alpha value is -0.340. The van der Waals surface area contributed by atoms with E-state index < -0.39 is 0 Å². The molecule has 2 nitrogen and oxygen atoms in total. The third-order valence-electron chi connectivity index (χ3n) is 2.10. The first-order valence-electron chi connectivity index (χ1n) is 5.07.